The standard InChI is InChI=1S/C15H21N5O2/c1-22-12-5-6-13-14(11-12)20(21)18-15(17-13)16-7-10-19-8-3-2-4-9-19/h5-6,11H,2-4,7-10H2,1H3,(H,16,17,18). The van der Waals surface area contributed by atoms with E-state index in [1.165, 1.54) is 19.3 Å². The van der Waals surface area contributed by atoms with Crippen LogP contribution in [0.4, 0.5) is 5.95 Å². The zero-order chi connectivity index (χ0) is 15.4. The predicted octanol–water partition coefficient (Wildman–Crippen LogP) is 1.17. The molecule has 1 N–H and O–H groups in total. The van der Waals surface area contributed by atoms with Gasteiger partial charge in [-0.25, -0.2) is 4.98 Å². The van der Waals surface area contributed by atoms with E-state index in [2.05, 4.69) is 20.3 Å². The number of methoxy groups -OCH3 is 1. The smallest absolute Gasteiger partial charge is 0.290 e. The van der Waals surface area contributed by atoms with Gasteiger partial charge in [-0.3, -0.25) is 0 Å². The summed E-state index contributed by atoms with van der Waals surface area (Å²) in [6.45, 7) is 3.99. The number of hydrogen-bond acceptors (Lipinski definition) is 6. The van der Waals surface area contributed by atoms with Crippen LogP contribution in [0.15, 0.2) is 18.2 Å². The van der Waals surface area contributed by atoms with Gasteiger partial charge in [-0.05, 0) is 42.9 Å². The summed E-state index contributed by atoms with van der Waals surface area (Å²) in [5.74, 6) is 0.983. The Morgan fingerprint density at radius 1 is 1.32 bits per heavy atom. The van der Waals surface area contributed by atoms with Crippen LogP contribution in [0.3, 0.4) is 0 Å². The maximum Gasteiger partial charge on any atom is 0.290 e. The van der Waals surface area contributed by atoms with Crippen molar-refractivity contribution in [2.24, 2.45) is 0 Å². The molecule has 0 saturated carbocycles. The second kappa shape index (κ2) is 6.74. The summed E-state index contributed by atoms with van der Waals surface area (Å²) in [5.41, 5.74) is 1.01. The van der Waals surface area contributed by atoms with Gasteiger partial charge in [0.15, 0.2) is 0 Å². The number of ether oxygens (including phenoxy) is 1. The maximum absolute atomic E-state index is 12.0. The minimum Gasteiger partial charge on any atom is -0.594 e. The first-order valence-electron chi connectivity index (χ1n) is 7.68. The lowest BCUT2D eigenvalue weighted by Crippen LogP contribution is -2.36. The van der Waals surface area contributed by atoms with E-state index in [-0.39, 0.29) is 0 Å². The van der Waals surface area contributed by atoms with Gasteiger partial charge in [-0.2, -0.15) is 0 Å². The number of anilines is 1. The molecule has 0 radical (unpaired) electrons. The number of benzene rings is 1. The van der Waals surface area contributed by atoms with Crippen LogP contribution in [0.25, 0.3) is 11.0 Å². The van der Waals surface area contributed by atoms with Crippen LogP contribution in [-0.4, -0.2) is 48.3 Å². The molecule has 0 spiro atoms. The highest BCUT2D eigenvalue weighted by atomic mass is 16.5. The van der Waals surface area contributed by atoms with Crippen molar-refractivity contribution in [1.29, 1.82) is 0 Å². The average Bonchev–Trinajstić information content (AvgIpc) is 2.56. The molecular weight excluding hydrogens is 282 g/mol. The average molecular weight is 303 g/mol. The van der Waals surface area contributed by atoms with Gasteiger partial charge < -0.3 is 20.2 Å². The fraction of sp³-hybridized carbons (Fsp3) is 0.533. The molecule has 1 aliphatic rings. The molecule has 22 heavy (non-hydrogen) atoms. The quantitative estimate of drug-likeness (QED) is 0.660. The molecule has 0 amide bonds. The molecule has 1 aromatic heterocycles. The minimum atomic E-state index is 0.365. The topological polar surface area (TPSA) is 77.2 Å². The Kier molecular flexibility index (Phi) is 4.53. The number of nitrogens with zero attached hydrogens (tertiary/aromatic N) is 4. The lowest BCUT2D eigenvalue weighted by molar-refractivity contribution is -0.641. The number of nitrogens with one attached hydrogen (secondary N) is 1. The monoisotopic (exact) mass is 303 g/mol. The van der Waals surface area contributed by atoms with Crippen LogP contribution in [0.2, 0.25) is 0 Å². The molecule has 7 nitrogen and oxygen atoms in total. The van der Waals surface area contributed by atoms with E-state index in [1.807, 2.05) is 0 Å². The lowest BCUT2D eigenvalue weighted by atomic mass is 10.1. The fourth-order valence-corrected chi connectivity index (χ4v) is 2.74. The zero-order valence-electron chi connectivity index (χ0n) is 12.8. The molecule has 0 atom stereocenters. The van der Waals surface area contributed by atoms with E-state index >= 15 is 0 Å². The van der Waals surface area contributed by atoms with Crippen molar-refractivity contribution < 1.29 is 9.58 Å². The van der Waals surface area contributed by atoms with Gasteiger partial charge in [0.25, 0.3) is 11.5 Å². The lowest BCUT2D eigenvalue weighted by Gasteiger charge is -2.26. The van der Waals surface area contributed by atoms with E-state index in [1.54, 1.807) is 25.3 Å². The fourth-order valence-electron chi connectivity index (χ4n) is 2.74. The molecule has 1 fully saturated rings. The highest BCUT2D eigenvalue weighted by Gasteiger charge is 2.13. The minimum absolute atomic E-state index is 0.365. The Balaban J connectivity index is 1.66. The van der Waals surface area contributed by atoms with Crippen molar-refractivity contribution in [3.05, 3.63) is 23.4 Å². The van der Waals surface area contributed by atoms with Crippen LogP contribution in [0.5, 0.6) is 5.75 Å². The van der Waals surface area contributed by atoms with Gasteiger partial charge in [0, 0.05) is 13.1 Å². The second-order valence-corrected chi connectivity index (χ2v) is 5.49. The Morgan fingerprint density at radius 2 is 2.14 bits per heavy atom. The first-order chi connectivity index (χ1) is 10.8. The van der Waals surface area contributed by atoms with E-state index in [0.717, 1.165) is 26.2 Å². The van der Waals surface area contributed by atoms with E-state index < -0.39 is 0 Å². The summed E-state index contributed by atoms with van der Waals surface area (Å²) in [6.07, 6.45) is 3.88. The number of fused-ring (bicyclic) bond motifs is 1. The third kappa shape index (κ3) is 3.36. The number of hydrogen-bond donors (Lipinski definition) is 1. The van der Waals surface area contributed by atoms with Crippen molar-refractivity contribution >= 4 is 17.0 Å². The summed E-state index contributed by atoms with van der Waals surface area (Å²) >= 11 is 0. The Hall–Kier alpha value is -2.15. The first kappa shape index (κ1) is 14.8. The van der Waals surface area contributed by atoms with Gasteiger partial charge in [-0.15, -0.1) is 0 Å². The third-order valence-electron chi connectivity index (χ3n) is 3.96. The van der Waals surface area contributed by atoms with Crippen LogP contribution in [0, 0.1) is 5.21 Å². The SMILES string of the molecule is COc1ccc2nc(NCCN3CCCCC3)n[n+]([O-])c2c1. The molecule has 2 aromatic rings. The van der Waals surface area contributed by atoms with Crippen LogP contribution in [-0.2, 0) is 0 Å². The number of piperidine rings is 1. The van der Waals surface area contributed by atoms with Crippen molar-refractivity contribution in [2.45, 2.75) is 19.3 Å². The number of aromatic nitrogens is 3. The van der Waals surface area contributed by atoms with Crippen LogP contribution >= 0.6 is 0 Å². The van der Waals surface area contributed by atoms with Crippen molar-refractivity contribution in [3.63, 3.8) is 0 Å². The van der Waals surface area contributed by atoms with Crippen molar-refractivity contribution in [2.75, 3.05) is 38.6 Å². The Morgan fingerprint density at radius 3 is 2.91 bits per heavy atom. The summed E-state index contributed by atoms with van der Waals surface area (Å²) < 4.78 is 5.11. The van der Waals surface area contributed by atoms with Crippen molar-refractivity contribution in [3.8, 4) is 5.75 Å². The largest absolute Gasteiger partial charge is 0.594 e. The normalized spacial score (nSPS) is 15.9. The van der Waals surface area contributed by atoms with Gasteiger partial charge >= 0.3 is 0 Å². The maximum atomic E-state index is 12.0. The molecule has 1 saturated heterocycles. The molecular formula is C15H21N5O2. The summed E-state index contributed by atoms with van der Waals surface area (Å²) in [4.78, 5) is 7.39. The highest BCUT2D eigenvalue weighted by Crippen LogP contribution is 2.16. The molecule has 118 valence electrons. The molecule has 1 aliphatic heterocycles. The van der Waals surface area contributed by atoms with Gasteiger partial charge in [-0.1, -0.05) is 6.42 Å². The van der Waals surface area contributed by atoms with E-state index in [9.17, 15) is 5.21 Å². The molecule has 0 aliphatic carbocycles. The molecule has 3 rings (SSSR count). The molecule has 2 heterocycles. The van der Waals surface area contributed by atoms with E-state index in [0.29, 0.717) is 27.6 Å². The van der Waals surface area contributed by atoms with E-state index in [4.69, 9.17) is 4.74 Å². The summed E-state index contributed by atoms with van der Waals surface area (Å²) in [5, 5.41) is 19.1. The summed E-state index contributed by atoms with van der Waals surface area (Å²) in [6, 6.07) is 5.19. The third-order valence-corrected chi connectivity index (χ3v) is 3.96. The van der Waals surface area contributed by atoms with Crippen LogP contribution in [0.1, 0.15) is 19.3 Å². The van der Waals surface area contributed by atoms with Gasteiger partial charge in [0.05, 0.1) is 18.3 Å². The second-order valence-electron chi connectivity index (χ2n) is 5.49. The number of likely N-dealkylation sites (tertiary alicyclic amines) is 1. The number of rotatable bonds is 5. The zero-order valence-corrected chi connectivity index (χ0v) is 12.8. The molecule has 0 unspecified atom stereocenters. The molecule has 0 bridgehead atoms. The van der Waals surface area contributed by atoms with Crippen molar-refractivity contribution in [1.82, 2.24) is 15.0 Å². The Bertz CT molecular complexity index is 643. The van der Waals surface area contributed by atoms with Gasteiger partial charge in [0.1, 0.15) is 11.3 Å². The Labute approximate surface area is 129 Å². The molecule has 1 aromatic carbocycles. The van der Waals surface area contributed by atoms with Crippen LogP contribution < -0.4 is 14.9 Å². The van der Waals surface area contributed by atoms with Gasteiger partial charge in [0.2, 0.25) is 0 Å². The first-order valence-corrected chi connectivity index (χ1v) is 7.68. The predicted molar refractivity (Wildman–Crippen MR) is 83.8 cm³/mol. The summed E-state index contributed by atoms with van der Waals surface area (Å²) in [7, 11) is 1.56. The molecule has 7 heteroatoms. The highest BCUT2D eigenvalue weighted by molar-refractivity contribution is 5.73.